The molecule has 0 radical (unpaired) electrons. The van der Waals surface area contributed by atoms with E-state index in [1.165, 1.54) is 58.3 Å². The smallest absolute Gasteiger partial charge is 0.325 e. The highest BCUT2D eigenvalue weighted by molar-refractivity contribution is 5.96. The third-order valence-corrected chi connectivity index (χ3v) is 4.07. The largest absolute Gasteiger partial charge is 0.492 e. The molecule has 0 unspecified atom stereocenters. The fourth-order valence-corrected chi connectivity index (χ4v) is 2.71. The molecule has 0 bridgehead atoms. The van der Waals surface area contributed by atoms with Gasteiger partial charge in [0.1, 0.15) is 30.5 Å². The van der Waals surface area contributed by atoms with Crippen LogP contribution in [0.1, 0.15) is 0 Å². The minimum absolute atomic E-state index is 0.0624. The van der Waals surface area contributed by atoms with Crippen molar-refractivity contribution in [3.63, 3.8) is 0 Å². The van der Waals surface area contributed by atoms with E-state index in [0.29, 0.717) is 24.5 Å². The Bertz CT molecular complexity index is 797. The molecule has 0 aromatic heterocycles. The van der Waals surface area contributed by atoms with Crippen molar-refractivity contribution >= 4 is 17.6 Å². The summed E-state index contributed by atoms with van der Waals surface area (Å²) in [6.07, 6.45) is 0. The van der Waals surface area contributed by atoms with E-state index in [-0.39, 0.29) is 43.3 Å². The van der Waals surface area contributed by atoms with Crippen LogP contribution in [0.25, 0.3) is 0 Å². The van der Waals surface area contributed by atoms with Crippen LogP contribution < -0.4 is 15.0 Å². The first kappa shape index (κ1) is 18.6. The van der Waals surface area contributed by atoms with E-state index in [1.807, 2.05) is 0 Å². The third-order valence-electron chi connectivity index (χ3n) is 4.07. The first-order valence-corrected chi connectivity index (χ1v) is 8.50. The number of hydrogen-bond donors (Lipinski definition) is 1. The topological polar surface area (TPSA) is 61.9 Å². The predicted octanol–water partition coefficient (Wildman–Crippen LogP) is 2.40. The maximum absolute atomic E-state index is 13.0. The lowest BCUT2D eigenvalue weighted by atomic mass is 10.3. The summed E-state index contributed by atoms with van der Waals surface area (Å²) in [5, 5.41) is 2.67. The summed E-state index contributed by atoms with van der Waals surface area (Å²) in [4.78, 5) is 27.3. The number of nitrogens with zero attached hydrogens (tertiary/aromatic N) is 2. The zero-order valence-electron chi connectivity index (χ0n) is 14.5. The van der Waals surface area contributed by atoms with E-state index >= 15 is 0 Å². The maximum atomic E-state index is 13.0. The van der Waals surface area contributed by atoms with Gasteiger partial charge < -0.3 is 15.0 Å². The van der Waals surface area contributed by atoms with E-state index in [2.05, 4.69) is 5.32 Å². The third kappa shape index (κ3) is 4.93. The number of halogens is 2. The predicted molar refractivity (Wildman–Crippen MR) is 95.6 cm³/mol. The summed E-state index contributed by atoms with van der Waals surface area (Å²) < 4.78 is 31.2. The van der Waals surface area contributed by atoms with E-state index in [0.717, 1.165) is 0 Å². The van der Waals surface area contributed by atoms with Gasteiger partial charge in [0.05, 0.1) is 6.54 Å². The standard InChI is InChI=1S/C19H19F2N3O3/c20-14-1-5-16(6-2-14)24-11-10-23(19(24)26)13-18(25)22-9-12-27-17-7-3-15(21)4-8-17/h1-8H,9-13H2,(H,22,25). The average molecular weight is 375 g/mol. The summed E-state index contributed by atoms with van der Waals surface area (Å²) >= 11 is 0. The molecule has 27 heavy (non-hydrogen) atoms. The Labute approximate surface area is 155 Å². The van der Waals surface area contributed by atoms with Crippen LogP contribution in [0.4, 0.5) is 19.3 Å². The lowest BCUT2D eigenvalue weighted by molar-refractivity contribution is -0.121. The van der Waals surface area contributed by atoms with Crippen molar-refractivity contribution in [1.82, 2.24) is 10.2 Å². The number of benzene rings is 2. The summed E-state index contributed by atoms with van der Waals surface area (Å²) in [6.45, 7) is 1.28. The van der Waals surface area contributed by atoms with Crippen molar-refractivity contribution in [3.8, 4) is 5.75 Å². The van der Waals surface area contributed by atoms with Gasteiger partial charge in [0.2, 0.25) is 5.91 Å². The van der Waals surface area contributed by atoms with Gasteiger partial charge in [-0.1, -0.05) is 0 Å². The van der Waals surface area contributed by atoms with E-state index in [4.69, 9.17) is 4.74 Å². The van der Waals surface area contributed by atoms with Crippen LogP contribution in [-0.2, 0) is 4.79 Å². The minimum atomic E-state index is -0.371. The van der Waals surface area contributed by atoms with Gasteiger partial charge in [-0.05, 0) is 48.5 Å². The molecule has 0 atom stereocenters. The van der Waals surface area contributed by atoms with E-state index in [1.54, 1.807) is 0 Å². The highest BCUT2D eigenvalue weighted by Crippen LogP contribution is 2.20. The molecule has 1 aliphatic heterocycles. The molecule has 142 valence electrons. The number of rotatable bonds is 7. The molecular formula is C19H19F2N3O3. The van der Waals surface area contributed by atoms with Crippen LogP contribution >= 0.6 is 0 Å². The Morgan fingerprint density at radius 1 is 1.00 bits per heavy atom. The van der Waals surface area contributed by atoms with E-state index in [9.17, 15) is 18.4 Å². The van der Waals surface area contributed by atoms with Gasteiger partial charge in [-0.3, -0.25) is 9.69 Å². The van der Waals surface area contributed by atoms with Gasteiger partial charge in [0.15, 0.2) is 0 Å². The lowest BCUT2D eigenvalue weighted by Crippen LogP contribution is -2.41. The Morgan fingerprint density at radius 2 is 1.63 bits per heavy atom. The highest BCUT2D eigenvalue weighted by Gasteiger charge is 2.30. The number of amides is 3. The molecule has 2 aromatic rings. The quantitative estimate of drug-likeness (QED) is 0.756. The monoisotopic (exact) mass is 375 g/mol. The number of nitrogens with one attached hydrogen (secondary N) is 1. The normalized spacial score (nSPS) is 13.8. The molecule has 8 heteroatoms. The number of anilines is 1. The van der Waals surface area contributed by atoms with Crippen LogP contribution in [0, 0.1) is 11.6 Å². The van der Waals surface area contributed by atoms with Gasteiger partial charge in [-0.25, -0.2) is 13.6 Å². The molecule has 1 aliphatic rings. The Kier molecular flexibility index (Phi) is 5.85. The second-order valence-electron chi connectivity index (χ2n) is 5.98. The molecule has 3 amide bonds. The minimum Gasteiger partial charge on any atom is -0.492 e. The second-order valence-corrected chi connectivity index (χ2v) is 5.98. The summed E-state index contributed by atoms with van der Waals surface area (Å²) in [7, 11) is 0. The van der Waals surface area contributed by atoms with Crippen molar-refractivity contribution in [2.24, 2.45) is 0 Å². The summed E-state index contributed by atoms with van der Waals surface area (Å²) in [5.41, 5.74) is 0.594. The Balaban J connectivity index is 1.41. The van der Waals surface area contributed by atoms with Crippen LogP contribution in [0.15, 0.2) is 48.5 Å². The number of carbonyl (C=O) groups is 2. The fraction of sp³-hybridized carbons (Fsp3) is 0.263. The van der Waals surface area contributed by atoms with Crippen molar-refractivity contribution in [2.45, 2.75) is 0 Å². The molecular weight excluding hydrogens is 356 g/mol. The molecule has 6 nitrogen and oxygen atoms in total. The van der Waals surface area contributed by atoms with Gasteiger partial charge in [-0.15, -0.1) is 0 Å². The van der Waals surface area contributed by atoms with Gasteiger partial charge in [-0.2, -0.15) is 0 Å². The average Bonchev–Trinajstić information content (AvgIpc) is 3.01. The summed E-state index contributed by atoms with van der Waals surface area (Å²) in [5.74, 6) is -0.507. The van der Waals surface area contributed by atoms with Crippen molar-refractivity contribution < 1.29 is 23.1 Å². The van der Waals surface area contributed by atoms with Gasteiger partial charge in [0, 0.05) is 18.8 Å². The fourth-order valence-electron chi connectivity index (χ4n) is 2.71. The molecule has 2 aromatic carbocycles. The molecule has 1 saturated heterocycles. The van der Waals surface area contributed by atoms with Gasteiger partial charge in [0.25, 0.3) is 0 Å². The molecule has 1 heterocycles. The van der Waals surface area contributed by atoms with Crippen molar-refractivity contribution in [3.05, 3.63) is 60.2 Å². The molecule has 0 spiro atoms. The SMILES string of the molecule is O=C(CN1CCN(c2ccc(F)cc2)C1=O)NCCOc1ccc(F)cc1. The van der Waals surface area contributed by atoms with Crippen molar-refractivity contribution in [2.75, 3.05) is 37.7 Å². The molecule has 1 fully saturated rings. The molecule has 0 aliphatic carbocycles. The first-order valence-electron chi connectivity index (χ1n) is 8.50. The van der Waals surface area contributed by atoms with Crippen LogP contribution in [0.2, 0.25) is 0 Å². The number of carbonyl (C=O) groups excluding carboxylic acids is 2. The number of ether oxygens (including phenoxy) is 1. The van der Waals surface area contributed by atoms with Crippen LogP contribution in [0.3, 0.4) is 0 Å². The van der Waals surface area contributed by atoms with Crippen LogP contribution in [0.5, 0.6) is 5.75 Å². The molecule has 0 saturated carbocycles. The molecule has 3 rings (SSSR count). The van der Waals surface area contributed by atoms with E-state index < -0.39 is 0 Å². The Hall–Kier alpha value is -3.16. The zero-order valence-corrected chi connectivity index (χ0v) is 14.5. The number of urea groups is 1. The second kappa shape index (κ2) is 8.48. The zero-order chi connectivity index (χ0) is 19.2. The van der Waals surface area contributed by atoms with Crippen molar-refractivity contribution in [1.29, 1.82) is 0 Å². The highest BCUT2D eigenvalue weighted by atomic mass is 19.1. The van der Waals surface area contributed by atoms with Gasteiger partial charge >= 0.3 is 6.03 Å². The lowest BCUT2D eigenvalue weighted by Gasteiger charge is -2.18. The maximum Gasteiger partial charge on any atom is 0.325 e. The number of hydrogen-bond acceptors (Lipinski definition) is 3. The van der Waals surface area contributed by atoms with Crippen LogP contribution in [-0.4, -0.2) is 49.6 Å². The summed E-state index contributed by atoms with van der Waals surface area (Å²) in [6, 6.07) is 10.9. The Morgan fingerprint density at radius 3 is 2.30 bits per heavy atom. The first-order chi connectivity index (χ1) is 13.0. The molecule has 1 N–H and O–H groups in total.